The Balaban J connectivity index is 1.64. The van der Waals surface area contributed by atoms with Crippen LogP contribution < -0.4 is 0 Å². The zero-order valence-corrected chi connectivity index (χ0v) is 13.0. The number of aliphatic hydroxyl groups excluding tert-OH is 1. The van der Waals surface area contributed by atoms with Crippen molar-refractivity contribution in [3.05, 3.63) is 23.0 Å². The van der Waals surface area contributed by atoms with E-state index in [-0.39, 0.29) is 0 Å². The second kappa shape index (κ2) is 4.39. The fourth-order valence-corrected chi connectivity index (χ4v) is 6.17. The fourth-order valence-electron chi connectivity index (χ4n) is 6.17. The quantitative estimate of drug-likeness (QED) is 0.586. The molecule has 4 rings (SSSR count). The summed E-state index contributed by atoms with van der Waals surface area (Å²) in [5.74, 6) is 4.33. The average Bonchev–Trinajstić information content (AvgIpc) is 2.74. The normalized spacial score (nSPS) is 47.4. The van der Waals surface area contributed by atoms with Gasteiger partial charge in [-0.15, -0.1) is 0 Å². The van der Waals surface area contributed by atoms with Gasteiger partial charge in [0.2, 0.25) is 0 Å². The Morgan fingerprint density at radius 1 is 1.20 bits per heavy atom. The number of fused-ring (bicyclic) bond motifs is 4. The molecule has 1 nitrogen and oxygen atoms in total. The van der Waals surface area contributed by atoms with Crippen molar-refractivity contribution in [3.63, 3.8) is 0 Å². The molecule has 20 heavy (non-hydrogen) atoms. The van der Waals surface area contributed by atoms with E-state index in [1.807, 2.05) is 0 Å². The molecule has 0 aromatic rings. The van der Waals surface area contributed by atoms with Crippen molar-refractivity contribution in [2.75, 3.05) is 0 Å². The minimum absolute atomic E-state index is 0.623. The summed E-state index contributed by atoms with van der Waals surface area (Å²) in [6, 6.07) is 0. The maximum atomic E-state index is 9.80. The van der Waals surface area contributed by atoms with Gasteiger partial charge in [-0.3, -0.25) is 0 Å². The summed E-state index contributed by atoms with van der Waals surface area (Å²) in [7, 11) is 0. The van der Waals surface area contributed by atoms with Crippen LogP contribution in [0.15, 0.2) is 23.0 Å². The minimum atomic E-state index is 0.623. The lowest BCUT2D eigenvalue weighted by atomic mass is 9.53. The summed E-state index contributed by atoms with van der Waals surface area (Å²) in [6.07, 6.45) is 12.4. The van der Waals surface area contributed by atoms with Gasteiger partial charge < -0.3 is 5.11 Å². The van der Waals surface area contributed by atoms with E-state index in [9.17, 15) is 5.11 Å². The summed E-state index contributed by atoms with van der Waals surface area (Å²) in [6.45, 7) is 5.08. The monoisotopic (exact) mass is 272 g/mol. The first-order valence-corrected chi connectivity index (χ1v) is 8.68. The molecule has 0 spiro atoms. The maximum absolute atomic E-state index is 9.80. The van der Waals surface area contributed by atoms with Crippen molar-refractivity contribution in [1.82, 2.24) is 0 Å². The highest BCUT2D eigenvalue weighted by molar-refractivity contribution is 5.32. The maximum Gasteiger partial charge on any atom is 0.0926 e. The third-order valence-corrected chi connectivity index (χ3v) is 7.54. The molecule has 4 aliphatic rings. The molecule has 5 unspecified atom stereocenters. The summed E-state index contributed by atoms with van der Waals surface area (Å²) < 4.78 is 0. The van der Waals surface area contributed by atoms with Crippen LogP contribution in [0.25, 0.3) is 0 Å². The van der Waals surface area contributed by atoms with Gasteiger partial charge in [-0.05, 0) is 80.1 Å². The molecule has 0 amide bonds. The SMILES string of the molecule is CC1CCC2C3CCC4=C(CC=C(O)C4)C3CCC12C. The van der Waals surface area contributed by atoms with Gasteiger partial charge in [0, 0.05) is 6.42 Å². The second-order valence-corrected chi connectivity index (χ2v) is 8.14. The number of aliphatic hydroxyl groups is 1. The molecule has 110 valence electrons. The highest BCUT2D eigenvalue weighted by atomic mass is 16.3. The third-order valence-electron chi connectivity index (χ3n) is 7.54. The zero-order valence-electron chi connectivity index (χ0n) is 13.0. The van der Waals surface area contributed by atoms with Crippen molar-refractivity contribution >= 4 is 0 Å². The molecule has 0 saturated heterocycles. The van der Waals surface area contributed by atoms with E-state index >= 15 is 0 Å². The lowest BCUT2D eigenvalue weighted by Crippen LogP contribution is -2.43. The highest BCUT2D eigenvalue weighted by Gasteiger charge is 2.53. The first kappa shape index (κ1) is 13.0. The van der Waals surface area contributed by atoms with Crippen LogP contribution in [0.1, 0.15) is 65.2 Å². The van der Waals surface area contributed by atoms with Gasteiger partial charge in [0.15, 0.2) is 0 Å². The molecule has 5 atom stereocenters. The summed E-state index contributed by atoms with van der Waals surface area (Å²) in [5, 5.41) is 9.80. The average molecular weight is 272 g/mol. The van der Waals surface area contributed by atoms with Gasteiger partial charge in [0.1, 0.15) is 0 Å². The fraction of sp³-hybridized carbons (Fsp3) is 0.789. The van der Waals surface area contributed by atoms with Gasteiger partial charge in [0.25, 0.3) is 0 Å². The second-order valence-electron chi connectivity index (χ2n) is 8.14. The van der Waals surface area contributed by atoms with Crippen LogP contribution in [0.4, 0.5) is 0 Å². The van der Waals surface area contributed by atoms with Gasteiger partial charge in [0.05, 0.1) is 5.76 Å². The summed E-state index contributed by atoms with van der Waals surface area (Å²) in [4.78, 5) is 0. The van der Waals surface area contributed by atoms with Gasteiger partial charge >= 0.3 is 0 Å². The third kappa shape index (κ3) is 1.68. The van der Waals surface area contributed by atoms with Crippen LogP contribution in [-0.2, 0) is 0 Å². The van der Waals surface area contributed by atoms with Crippen molar-refractivity contribution in [1.29, 1.82) is 0 Å². The Morgan fingerprint density at radius 3 is 2.90 bits per heavy atom. The van der Waals surface area contributed by atoms with Crippen LogP contribution in [0.3, 0.4) is 0 Å². The smallest absolute Gasteiger partial charge is 0.0926 e. The van der Waals surface area contributed by atoms with E-state index in [1.54, 1.807) is 11.1 Å². The molecule has 0 heterocycles. The molecule has 2 fully saturated rings. The number of allylic oxidation sites excluding steroid dienone is 3. The van der Waals surface area contributed by atoms with Crippen molar-refractivity contribution in [2.24, 2.45) is 29.1 Å². The molecule has 0 radical (unpaired) electrons. The van der Waals surface area contributed by atoms with Crippen LogP contribution in [-0.4, -0.2) is 5.11 Å². The highest BCUT2D eigenvalue weighted by Crippen LogP contribution is 2.62. The lowest BCUT2D eigenvalue weighted by Gasteiger charge is -2.51. The van der Waals surface area contributed by atoms with Crippen molar-refractivity contribution < 1.29 is 5.11 Å². The first-order valence-electron chi connectivity index (χ1n) is 8.68. The topological polar surface area (TPSA) is 20.2 Å². The van der Waals surface area contributed by atoms with Gasteiger partial charge in [-0.1, -0.05) is 25.0 Å². The number of hydrogen-bond donors (Lipinski definition) is 1. The largest absolute Gasteiger partial charge is 0.512 e. The van der Waals surface area contributed by atoms with Crippen LogP contribution in [0, 0.1) is 29.1 Å². The Morgan fingerprint density at radius 2 is 2.05 bits per heavy atom. The predicted molar refractivity (Wildman–Crippen MR) is 82.4 cm³/mol. The zero-order chi connectivity index (χ0) is 13.9. The summed E-state index contributed by atoms with van der Waals surface area (Å²) in [5.41, 5.74) is 3.97. The molecule has 1 N–H and O–H groups in total. The standard InChI is InChI=1S/C19H28O/c1-12-3-8-18-17-6-4-13-11-14(20)5-7-15(13)16(17)9-10-19(12,18)2/h5,12,16-18,20H,3-4,6-11H2,1-2H3. The van der Waals surface area contributed by atoms with Gasteiger partial charge in [-0.2, -0.15) is 0 Å². The van der Waals surface area contributed by atoms with E-state index < -0.39 is 0 Å². The minimum Gasteiger partial charge on any atom is -0.512 e. The predicted octanol–water partition coefficient (Wildman–Crippen LogP) is 5.39. The van der Waals surface area contributed by atoms with E-state index in [0.717, 1.165) is 36.5 Å². The van der Waals surface area contributed by atoms with Crippen LogP contribution >= 0.6 is 0 Å². The molecule has 4 aliphatic carbocycles. The number of rotatable bonds is 0. The Hall–Kier alpha value is -0.720. The van der Waals surface area contributed by atoms with Crippen molar-refractivity contribution in [2.45, 2.75) is 65.2 Å². The molecule has 0 aromatic heterocycles. The van der Waals surface area contributed by atoms with E-state index in [1.165, 1.54) is 38.5 Å². The molecular formula is C19H28O. The Labute approximate surface area is 123 Å². The number of hydrogen-bond acceptors (Lipinski definition) is 1. The molecule has 0 bridgehead atoms. The first-order chi connectivity index (χ1) is 9.59. The summed E-state index contributed by atoms with van der Waals surface area (Å²) >= 11 is 0. The molecular weight excluding hydrogens is 244 g/mol. The molecule has 2 saturated carbocycles. The van der Waals surface area contributed by atoms with Crippen molar-refractivity contribution in [3.8, 4) is 0 Å². The van der Waals surface area contributed by atoms with E-state index in [0.29, 0.717) is 11.2 Å². The van der Waals surface area contributed by atoms with Crippen LogP contribution in [0.2, 0.25) is 0 Å². The molecule has 0 aromatic carbocycles. The van der Waals surface area contributed by atoms with E-state index in [4.69, 9.17) is 0 Å². The Bertz CT molecular complexity index is 486. The lowest BCUT2D eigenvalue weighted by molar-refractivity contribution is 0.0188. The van der Waals surface area contributed by atoms with Gasteiger partial charge in [-0.25, -0.2) is 0 Å². The Kier molecular flexibility index (Phi) is 2.85. The van der Waals surface area contributed by atoms with Crippen LogP contribution in [0.5, 0.6) is 0 Å². The van der Waals surface area contributed by atoms with E-state index in [2.05, 4.69) is 19.9 Å². The molecule has 1 heteroatoms. The molecule has 0 aliphatic heterocycles.